The van der Waals surface area contributed by atoms with Crippen molar-refractivity contribution in [2.24, 2.45) is 0 Å². The molecule has 1 N–H and O–H groups in total. The number of halogens is 2. The van der Waals surface area contributed by atoms with Crippen LogP contribution in [0.3, 0.4) is 0 Å². The number of nitrogens with zero attached hydrogens (tertiary/aromatic N) is 1. The molecule has 5 rings (SSSR count). The third kappa shape index (κ3) is 4.25. The van der Waals surface area contributed by atoms with Crippen LogP contribution in [-0.4, -0.2) is 24.1 Å². The summed E-state index contributed by atoms with van der Waals surface area (Å²) >= 11 is 0. The number of aromatic nitrogens is 1. The average molecular weight is 444 g/mol. The first-order chi connectivity index (χ1) is 16.1. The van der Waals surface area contributed by atoms with E-state index in [0.717, 1.165) is 29.0 Å². The maximum Gasteiger partial charge on any atom is 0.261 e. The highest BCUT2D eigenvalue weighted by atomic mass is 19.1. The van der Waals surface area contributed by atoms with E-state index in [2.05, 4.69) is 5.32 Å². The lowest BCUT2D eigenvalue weighted by Gasteiger charge is -2.18. The number of pyridine rings is 1. The molecule has 2 heterocycles. The number of hydrogen-bond donors (Lipinski definition) is 1. The van der Waals surface area contributed by atoms with Crippen molar-refractivity contribution in [1.29, 1.82) is 0 Å². The zero-order chi connectivity index (χ0) is 22.8. The second kappa shape index (κ2) is 8.70. The Morgan fingerprint density at radius 1 is 0.758 bits per heavy atom. The Hall–Kier alpha value is -4.26. The summed E-state index contributed by atoms with van der Waals surface area (Å²) in [5.41, 5.74) is 2.80. The highest BCUT2D eigenvalue weighted by Crippen LogP contribution is 2.34. The van der Waals surface area contributed by atoms with Gasteiger partial charge in [-0.3, -0.25) is 4.79 Å². The minimum absolute atomic E-state index is 0.395. The van der Waals surface area contributed by atoms with Crippen molar-refractivity contribution in [2.75, 3.05) is 18.5 Å². The Bertz CT molecular complexity index is 1340. The third-order valence-corrected chi connectivity index (χ3v) is 5.19. The summed E-state index contributed by atoms with van der Waals surface area (Å²) in [4.78, 5) is 17.2. The highest BCUT2D eigenvalue weighted by Gasteiger charge is 2.17. The van der Waals surface area contributed by atoms with Crippen molar-refractivity contribution in [3.05, 3.63) is 96.1 Å². The maximum atomic E-state index is 13.9. The van der Waals surface area contributed by atoms with Crippen LogP contribution in [0.4, 0.5) is 14.5 Å². The summed E-state index contributed by atoms with van der Waals surface area (Å²) < 4.78 is 39.1. The van der Waals surface area contributed by atoms with E-state index in [0.29, 0.717) is 36.1 Å². The van der Waals surface area contributed by atoms with Crippen molar-refractivity contribution in [3.8, 4) is 34.0 Å². The number of rotatable bonds is 4. The largest absolute Gasteiger partial charge is 0.486 e. The van der Waals surface area contributed by atoms with Gasteiger partial charge in [-0.1, -0.05) is 24.3 Å². The molecule has 0 radical (unpaired) electrons. The van der Waals surface area contributed by atoms with Crippen molar-refractivity contribution in [2.45, 2.75) is 0 Å². The van der Waals surface area contributed by atoms with E-state index in [1.807, 2.05) is 42.5 Å². The molecule has 4 aromatic rings. The van der Waals surface area contributed by atoms with Gasteiger partial charge in [0.05, 0.1) is 11.4 Å². The Kier molecular flexibility index (Phi) is 5.44. The number of carbonyl (C=O) groups is 1. The predicted octanol–water partition coefficient (Wildman–Crippen LogP) is 5.72. The first-order valence-electron chi connectivity index (χ1n) is 10.3. The van der Waals surface area contributed by atoms with Gasteiger partial charge in [0.15, 0.2) is 11.5 Å². The molecule has 1 aliphatic heterocycles. The van der Waals surface area contributed by atoms with Crippen LogP contribution in [0.1, 0.15) is 10.4 Å². The summed E-state index contributed by atoms with van der Waals surface area (Å²) in [7, 11) is 0. The van der Waals surface area contributed by atoms with Gasteiger partial charge >= 0.3 is 0 Å². The van der Waals surface area contributed by atoms with Crippen molar-refractivity contribution in [1.82, 2.24) is 4.98 Å². The van der Waals surface area contributed by atoms with Gasteiger partial charge in [-0.15, -0.1) is 0 Å². The number of hydrogen-bond acceptors (Lipinski definition) is 4. The maximum absolute atomic E-state index is 13.9. The van der Waals surface area contributed by atoms with Crippen LogP contribution in [0.5, 0.6) is 11.5 Å². The van der Waals surface area contributed by atoms with Gasteiger partial charge in [0.2, 0.25) is 0 Å². The molecule has 164 valence electrons. The average Bonchev–Trinajstić information content (AvgIpc) is 2.84. The van der Waals surface area contributed by atoms with Crippen molar-refractivity contribution >= 4 is 11.6 Å². The van der Waals surface area contributed by atoms with Gasteiger partial charge in [0, 0.05) is 16.8 Å². The van der Waals surface area contributed by atoms with Crippen molar-refractivity contribution < 1.29 is 23.0 Å². The number of anilines is 1. The van der Waals surface area contributed by atoms with Crippen molar-refractivity contribution in [3.63, 3.8) is 0 Å². The molecular weight excluding hydrogens is 426 g/mol. The van der Waals surface area contributed by atoms with E-state index in [1.165, 1.54) is 6.07 Å². The second-order valence-electron chi connectivity index (χ2n) is 7.40. The molecule has 0 saturated carbocycles. The normalized spacial score (nSPS) is 12.3. The van der Waals surface area contributed by atoms with Gasteiger partial charge < -0.3 is 14.8 Å². The molecular formula is C26H18F2N2O3. The lowest BCUT2D eigenvalue weighted by atomic mass is 10.1. The lowest BCUT2D eigenvalue weighted by Crippen LogP contribution is -2.15. The minimum atomic E-state index is -0.919. The van der Waals surface area contributed by atoms with E-state index >= 15 is 0 Å². The Labute approximate surface area is 188 Å². The second-order valence-corrected chi connectivity index (χ2v) is 7.40. The van der Waals surface area contributed by atoms with Crippen LogP contribution in [0, 0.1) is 11.6 Å². The zero-order valence-electron chi connectivity index (χ0n) is 17.3. The fraction of sp³-hybridized carbons (Fsp3) is 0.0769. The minimum Gasteiger partial charge on any atom is -0.486 e. The SMILES string of the molecule is O=C(Nc1cccc(-c2cccc(-c3ccc4c(c3)OCCO4)n2)c1)c1c(F)cccc1F. The van der Waals surface area contributed by atoms with E-state index in [9.17, 15) is 13.6 Å². The number of fused-ring (bicyclic) bond motifs is 1. The van der Waals surface area contributed by atoms with Crippen LogP contribution in [-0.2, 0) is 0 Å². The zero-order valence-corrected chi connectivity index (χ0v) is 17.3. The molecule has 0 saturated heterocycles. The molecule has 0 bridgehead atoms. The Balaban J connectivity index is 1.42. The first kappa shape index (κ1) is 20.6. The number of benzene rings is 3. The molecule has 5 nitrogen and oxygen atoms in total. The summed E-state index contributed by atoms with van der Waals surface area (Å²) in [6, 6.07) is 21.5. The van der Waals surface area contributed by atoms with Gasteiger partial charge in [0.1, 0.15) is 30.4 Å². The fourth-order valence-electron chi connectivity index (χ4n) is 3.62. The molecule has 33 heavy (non-hydrogen) atoms. The van der Waals surface area contributed by atoms with E-state index in [1.54, 1.807) is 18.2 Å². The van der Waals surface area contributed by atoms with Gasteiger partial charge in [-0.25, -0.2) is 13.8 Å². The molecule has 7 heteroatoms. The number of nitrogens with one attached hydrogen (secondary N) is 1. The van der Waals surface area contributed by atoms with Crippen LogP contribution >= 0.6 is 0 Å². The lowest BCUT2D eigenvalue weighted by molar-refractivity contribution is 0.101. The molecule has 0 fully saturated rings. The summed E-state index contributed by atoms with van der Waals surface area (Å²) in [6.07, 6.45) is 0. The van der Waals surface area contributed by atoms with Gasteiger partial charge in [-0.2, -0.15) is 0 Å². The summed E-state index contributed by atoms with van der Waals surface area (Å²) in [6.45, 7) is 1.02. The Morgan fingerprint density at radius 3 is 2.15 bits per heavy atom. The monoisotopic (exact) mass is 444 g/mol. The summed E-state index contributed by atoms with van der Waals surface area (Å²) in [5.74, 6) is -1.32. The van der Waals surface area contributed by atoms with Gasteiger partial charge in [0.25, 0.3) is 5.91 Å². The Morgan fingerprint density at radius 2 is 1.39 bits per heavy atom. The van der Waals surface area contributed by atoms with E-state index < -0.39 is 23.1 Å². The van der Waals surface area contributed by atoms with Gasteiger partial charge in [-0.05, 0) is 54.6 Å². The highest BCUT2D eigenvalue weighted by molar-refractivity contribution is 6.04. The fourth-order valence-corrected chi connectivity index (χ4v) is 3.62. The smallest absolute Gasteiger partial charge is 0.261 e. The molecule has 0 unspecified atom stereocenters. The molecule has 3 aromatic carbocycles. The topological polar surface area (TPSA) is 60.5 Å². The predicted molar refractivity (Wildman–Crippen MR) is 120 cm³/mol. The molecule has 1 amide bonds. The molecule has 1 aliphatic rings. The molecule has 0 spiro atoms. The quantitative estimate of drug-likeness (QED) is 0.438. The van der Waals surface area contributed by atoms with Crippen LogP contribution in [0.15, 0.2) is 78.9 Å². The van der Waals surface area contributed by atoms with E-state index in [4.69, 9.17) is 14.5 Å². The van der Waals surface area contributed by atoms with Crippen LogP contribution < -0.4 is 14.8 Å². The molecule has 1 aromatic heterocycles. The van der Waals surface area contributed by atoms with Crippen LogP contribution in [0.25, 0.3) is 22.5 Å². The van der Waals surface area contributed by atoms with Crippen LogP contribution in [0.2, 0.25) is 0 Å². The molecule has 0 aliphatic carbocycles. The standard InChI is InChI=1S/C26H18F2N2O3/c27-19-6-2-7-20(28)25(19)26(31)29-18-5-1-4-16(14-18)21-8-3-9-22(30-21)17-10-11-23-24(15-17)33-13-12-32-23/h1-11,14-15H,12-13H2,(H,29,31). The summed E-state index contributed by atoms with van der Waals surface area (Å²) in [5, 5.41) is 2.55. The number of carbonyl (C=O) groups excluding carboxylic acids is 1. The van der Waals surface area contributed by atoms with E-state index in [-0.39, 0.29) is 0 Å². The first-order valence-corrected chi connectivity index (χ1v) is 10.3. The molecule has 0 atom stereocenters. The number of ether oxygens (including phenoxy) is 2. The third-order valence-electron chi connectivity index (χ3n) is 5.19. The number of amides is 1.